The zero-order valence-corrected chi connectivity index (χ0v) is 19.7. The minimum atomic E-state index is -0.184. The molecule has 1 fully saturated rings. The Hall–Kier alpha value is -3.84. The third-order valence-corrected chi connectivity index (χ3v) is 5.73. The summed E-state index contributed by atoms with van der Waals surface area (Å²) in [6.45, 7) is 1.97. The molecule has 0 spiro atoms. The van der Waals surface area contributed by atoms with Gasteiger partial charge in [-0.2, -0.15) is 0 Å². The van der Waals surface area contributed by atoms with E-state index in [2.05, 4.69) is 28.1 Å². The second-order valence-electron chi connectivity index (χ2n) is 8.44. The summed E-state index contributed by atoms with van der Waals surface area (Å²) in [7, 11) is 0. The number of hydrogen-bond acceptors (Lipinski definition) is 5. The molecule has 7 nitrogen and oxygen atoms in total. The number of rotatable bonds is 11. The first-order chi connectivity index (χ1) is 17.2. The molecule has 35 heavy (non-hydrogen) atoms. The topological polar surface area (TPSA) is 88.7 Å². The van der Waals surface area contributed by atoms with Gasteiger partial charge in [0.25, 0.3) is 5.91 Å². The van der Waals surface area contributed by atoms with Gasteiger partial charge in [0.1, 0.15) is 5.75 Å². The van der Waals surface area contributed by atoms with Crippen LogP contribution in [0.4, 0.5) is 11.4 Å². The molecular formula is C28H31N3O4. The number of anilines is 2. The van der Waals surface area contributed by atoms with E-state index in [0.717, 1.165) is 37.3 Å². The molecule has 1 saturated heterocycles. The SMILES string of the molecule is O=C(CNc1cccc(OCCc2ccccc2)c1)Nc1ccc(C(=O)NCC2CCCO2)cc1. The van der Waals surface area contributed by atoms with E-state index in [4.69, 9.17) is 9.47 Å². The molecule has 0 aromatic heterocycles. The van der Waals surface area contributed by atoms with Crippen molar-refractivity contribution in [2.75, 3.05) is 36.9 Å². The number of ether oxygens (including phenoxy) is 2. The van der Waals surface area contributed by atoms with Gasteiger partial charge in [-0.3, -0.25) is 9.59 Å². The number of carbonyl (C=O) groups excluding carboxylic acids is 2. The van der Waals surface area contributed by atoms with Crippen LogP contribution in [0.3, 0.4) is 0 Å². The molecule has 0 saturated carbocycles. The molecule has 1 atom stereocenters. The summed E-state index contributed by atoms with van der Waals surface area (Å²) in [4.78, 5) is 24.7. The molecule has 0 radical (unpaired) electrons. The first-order valence-corrected chi connectivity index (χ1v) is 12.0. The first-order valence-electron chi connectivity index (χ1n) is 12.0. The van der Waals surface area contributed by atoms with E-state index in [-0.39, 0.29) is 24.5 Å². The van der Waals surface area contributed by atoms with Crippen LogP contribution < -0.4 is 20.7 Å². The Kier molecular flexibility index (Phi) is 8.73. The van der Waals surface area contributed by atoms with E-state index in [1.54, 1.807) is 24.3 Å². The smallest absolute Gasteiger partial charge is 0.251 e. The Bertz CT molecular complexity index is 1100. The highest BCUT2D eigenvalue weighted by Gasteiger charge is 2.16. The summed E-state index contributed by atoms with van der Waals surface area (Å²) < 4.78 is 11.4. The molecule has 3 aromatic rings. The summed E-state index contributed by atoms with van der Waals surface area (Å²) in [5.41, 5.74) is 3.20. The lowest BCUT2D eigenvalue weighted by Crippen LogP contribution is -2.31. The van der Waals surface area contributed by atoms with Crippen LogP contribution in [0.2, 0.25) is 0 Å². The summed E-state index contributed by atoms with van der Waals surface area (Å²) in [6.07, 6.45) is 2.95. The van der Waals surface area contributed by atoms with Gasteiger partial charge in [0.05, 0.1) is 19.3 Å². The fraction of sp³-hybridized carbons (Fsp3) is 0.286. The molecule has 2 amide bonds. The monoisotopic (exact) mass is 473 g/mol. The van der Waals surface area contributed by atoms with Crippen LogP contribution in [0.5, 0.6) is 5.75 Å². The van der Waals surface area contributed by atoms with Crippen LogP contribution in [0, 0.1) is 0 Å². The van der Waals surface area contributed by atoms with Gasteiger partial charge < -0.3 is 25.4 Å². The van der Waals surface area contributed by atoms with Crippen molar-refractivity contribution in [1.29, 1.82) is 0 Å². The quantitative estimate of drug-likeness (QED) is 0.387. The van der Waals surface area contributed by atoms with Crippen molar-refractivity contribution in [3.63, 3.8) is 0 Å². The predicted molar refractivity (Wildman–Crippen MR) is 137 cm³/mol. The van der Waals surface area contributed by atoms with Crippen LogP contribution in [-0.2, 0) is 16.0 Å². The average Bonchev–Trinajstić information content (AvgIpc) is 3.41. The molecule has 0 aliphatic carbocycles. The van der Waals surface area contributed by atoms with Crippen molar-refractivity contribution in [1.82, 2.24) is 5.32 Å². The van der Waals surface area contributed by atoms with Gasteiger partial charge in [0.15, 0.2) is 0 Å². The van der Waals surface area contributed by atoms with Gasteiger partial charge in [0, 0.05) is 42.6 Å². The highest BCUT2D eigenvalue weighted by molar-refractivity contribution is 5.96. The third kappa shape index (κ3) is 7.86. The normalized spacial score (nSPS) is 14.8. The number of hydrogen-bond donors (Lipinski definition) is 3. The van der Waals surface area contributed by atoms with E-state index in [1.807, 2.05) is 42.5 Å². The molecule has 7 heteroatoms. The van der Waals surface area contributed by atoms with Gasteiger partial charge in [-0.1, -0.05) is 36.4 Å². The Balaban J connectivity index is 1.18. The Labute approximate surface area is 205 Å². The molecule has 3 N–H and O–H groups in total. The molecule has 1 unspecified atom stereocenters. The molecule has 0 bridgehead atoms. The largest absolute Gasteiger partial charge is 0.493 e. The maximum Gasteiger partial charge on any atom is 0.251 e. The minimum Gasteiger partial charge on any atom is -0.493 e. The van der Waals surface area contributed by atoms with Crippen molar-refractivity contribution in [2.24, 2.45) is 0 Å². The Morgan fingerprint density at radius 2 is 1.77 bits per heavy atom. The van der Waals surface area contributed by atoms with Crippen molar-refractivity contribution in [3.05, 3.63) is 90.0 Å². The summed E-state index contributed by atoms with van der Waals surface area (Å²) in [5.74, 6) is 0.418. The van der Waals surface area contributed by atoms with Gasteiger partial charge in [-0.05, 0) is 54.8 Å². The summed E-state index contributed by atoms with van der Waals surface area (Å²) in [5, 5.41) is 8.85. The van der Waals surface area contributed by atoms with Crippen LogP contribution >= 0.6 is 0 Å². The lowest BCUT2D eigenvalue weighted by atomic mass is 10.2. The summed E-state index contributed by atoms with van der Waals surface area (Å²) in [6, 6.07) is 24.6. The lowest BCUT2D eigenvalue weighted by Gasteiger charge is -2.12. The van der Waals surface area contributed by atoms with Crippen molar-refractivity contribution >= 4 is 23.2 Å². The highest BCUT2D eigenvalue weighted by atomic mass is 16.5. The molecule has 3 aromatic carbocycles. The average molecular weight is 474 g/mol. The number of amides is 2. The van der Waals surface area contributed by atoms with E-state index in [0.29, 0.717) is 24.4 Å². The van der Waals surface area contributed by atoms with E-state index in [9.17, 15) is 9.59 Å². The van der Waals surface area contributed by atoms with Crippen LogP contribution in [0.1, 0.15) is 28.8 Å². The van der Waals surface area contributed by atoms with Crippen molar-refractivity contribution in [2.45, 2.75) is 25.4 Å². The standard InChI is InChI=1S/C28H31N3O4/c32-27(31-23-13-11-22(12-14-23)28(33)30-19-26-10-5-16-34-26)20-29-24-8-4-9-25(18-24)35-17-15-21-6-2-1-3-7-21/h1-4,6-9,11-14,18,26,29H,5,10,15-17,19-20H2,(H,30,33)(H,31,32). The number of benzene rings is 3. The number of carbonyl (C=O) groups is 2. The van der Waals surface area contributed by atoms with E-state index in [1.165, 1.54) is 5.56 Å². The summed E-state index contributed by atoms with van der Waals surface area (Å²) >= 11 is 0. The third-order valence-electron chi connectivity index (χ3n) is 5.73. The van der Waals surface area contributed by atoms with Gasteiger partial charge in [-0.25, -0.2) is 0 Å². The van der Waals surface area contributed by atoms with Crippen LogP contribution in [0.25, 0.3) is 0 Å². The van der Waals surface area contributed by atoms with Crippen LogP contribution in [0.15, 0.2) is 78.9 Å². The van der Waals surface area contributed by atoms with Gasteiger partial charge >= 0.3 is 0 Å². The highest BCUT2D eigenvalue weighted by Crippen LogP contribution is 2.18. The molecular weight excluding hydrogens is 442 g/mol. The first kappa shape index (κ1) is 24.3. The van der Waals surface area contributed by atoms with Gasteiger partial charge in [0.2, 0.25) is 5.91 Å². The van der Waals surface area contributed by atoms with E-state index < -0.39 is 0 Å². The maximum atomic E-state index is 12.4. The molecule has 1 heterocycles. The second kappa shape index (κ2) is 12.6. The fourth-order valence-electron chi connectivity index (χ4n) is 3.83. The lowest BCUT2D eigenvalue weighted by molar-refractivity contribution is -0.114. The van der Waals surface area contributed by atoms with Gasteiger partial charge in [-0.15, -0.1) is 0 Å². The maximum absolute atomic E-state index is 12.4. The molecule has 1 aliphatic rings. The van der Waals surface area contributed by atoms with E-state index >= 15 is 0 Å². The zero-order valence-electron chi connectivity index (χ0n) is 19.7. The second-order valence-corrected chi connectivity index (χ2v) is 8.44. The fourth-order valence-corrected chi connectivity index (χ4v) is 3.83. The number of nitrogens with one attached hydrogen (secondary N) is 3. The zero-order chi connectivity index (χ0) is 24.3. The molecule has 182 valence electrons. The van der Waals surface area contributed by atoms with Crippen LogP contribution in [-0.4, -0.2) is 44.2 Å². The molecule has 1 aliphatic heterocycles. The Morgan fingerprint density at radius 1 is 0.943 bits per heavy atom. The molecule has 4 rings (SSSR count). The minimum absolute atomic E-state index is 0.103. The predicted octanol–water partition coefficient (Wildman–Crippen LogP) is 4.27. The Morgan fingerprint density at radius 3 is 2.54 bits per heavy atom. The van der Waals surface area contributed by atoms with Crippen molar-refractivity contribution in [3.8, 4) is 5.75 Å². The van der Waals surface area contributed by atoms with Crippen molar-refractivity contribution < 1.29 is 19.1 Å².